The zero-order chi connectivity index (χ0) is 4.00. The molecule has 0 radical (unpaired) electrons. The summed E-state index contributed by atoms with van der Waals surface area (Å²) in [5.74, 6) is 0. The van der Waals surface area contributed by atoms with Gasteiger partial charge in [-0.1, -0.05) is 0 Å². The smallest absolute Gasteiger partial charge is 1.00 e. The van der Waals surface area contributed by atoms with Crippen LogP contribution in [0.3, 0.4) is 0 Å². The molecule has 0 saturated heterocycles. The molecule has 0 aliphatic heterocycles. The van der Waals surface area contributed by atoms with Crippen LogP contribution in [0.1, 0.15) is 0 Å². The van der Waals surface area contributed by atoms with E-state index in [9.17, 15) is 0 Å². The van der Waals surface area contributed by atoms with Gasteiger partial charge in [-0.25, -0.2) is 0 Å². The van der Waals surface area contributed by atoms with Gasteiger partial charge >= 0.3 is 53.5 Å². The van der Waals surface area contributed by atoms with Crippen molar-refractivity contribution in [2.75, 3.05) is 0 Å². The third-order valence-corrected chi connectivity index (χ3v) is 0. The zero-order valence-electron chi connectivity index (χ0n) is 4.17. The number of halogens is 2. The minimum Gasteiger partial charge on any atom is -1.00 e. The Morgan fingerprint density at radius 3 is 0.833 bits per heavy atom. The van der Waals surface area contributed by atoms with Gasteiger partial charge in [0.25, 0.3) is 0 Å². The summed E-state index contributed by atoms with van der Waals surface area (Å²) < 4.78 is 0. The molecule has 0 spiro atoms. The molecule has 0 nitrogen and oxygen atoms in total. The van der Waals surface area contributed by atoms with Crippen LogP contribution in [0.4, 0.5) is 0 Å². The van der Waals surface area contributed by atoms with Crippen molar-refractivity contribution in [2.45, 2.75) is 10.1 Å². The molecule has 0 bridgehead atoms. The standard InChI is InChI=1S/2CH3.BrH.ClH.2Mg/h2*1H3;2*1H;;/q;;;;2*+1/p-2. The van der Waals surface area contributed by atoms with Gasteiger partial charge in [0, 0.05) is 0 Å². The summed E-state index contributed by atoms with van der Waals surface area (Å²) in [7, 11) is 0. The van der Waals surface area contributed by atoms with E-state index in [4.69, 9.17) is 0 Å². The summed E-state index contributed by atoms with van der Waals surface area (Å²) in [5, 5.41) is 4.06. The fourth-order valence-electron chi connectivity index (χ4n) is 0. The fourth-order valence-corrected chi connectivity index (χ4v) is 0. The molecule has 0 fully saturated rings. The van der Waals surface area contributed by atoms with E-state index < -0.39 is 0 Å². The van der Waals surface area contributed by atoms with Gasteiger partial charge in [0.05, 0.1) is 0 Å². The summed E-state index contributed by atoms with van der Waals surface area (Å²) in [6.07, 6.45) is 0. The Morgan fingerprint density at radius 1 is 0.833 bits per heavy atom. The second-order valence-electron chi connectivity index (χ2n) is 0. The molecule has 0 N–H and O–H groups in total. The quantitative estimate of drug-likeness (QED) is 0.337. The first-order valence-corrected chi connectivity index (χ1v) is 4.24. The van der Waals surface area contributed by atoms with Gasteiger partial charge in [0.1, 0.15) is 0 Å². The molecule has 0 aromatic carbocycles. The summed E-state index contributed by atoms with van der Waals surface area (Å²) in [5.41, 5.74) is 0. The molecular formula is C2H6BrClMg2. The van der Waals surface area contributed by atoms with Crippen LogP contribution in [0, 0.1) is 0 Å². The number of rotatable bonds is 0. The van der Waals surface area contributed by atoms with Crippen molar-refractivity contribution in [2.24, 2.45) is 0 Å². The van der Waals surface area contributed by atoms with Crippen molar-refractivity contribution >= 4 is 43.4 Å². The van der Waals surface area contributed by atoms with E-state index in [1.54, 1.807) is 0 Å². The van der Waals surface area contributed by atoms with Gasteiger partial charge < -0.3 is 29.4 Å². The average Bonchev–Trinajstić information content (AvgIpc) is 1.50. The van der Waals surface area contributed by atoms with Crippen LogP contribution in [-0.2, 0) is 0 Å². The van der Waals surface area contributed by atoms with E-state index in [-0.39, 0.29) is 29.4 Å². The van der Waals surface area contributed by atoms with Crippen molar-refractivity contribution in [3.8, 4) is 0 Å². The molecule has 0 saturated carbocycles. The van der Waals surface area contributed by atoms with Gasteiger partial charge in [0.15, 0.2) is 0 Å². The third kappa shape index (κ3) is 33.4. The average molecular weight is 194 g/mol. The molecular weight excluding hydrogens is 188 g/mol. The maximum absolute atomic E-state index is 2.03. The van der Waals surface area contributed by atoms with Crippen molar-refractivity contribution in [3.05, 3.63) is 0 Å². The Hall–Kier alpha value is 2.30. The van der Waals surface area contributed by atoms with E-state index in [1.165, 1.54) is 0 Å². The maximum Gasteiger partial charge on any atom is -1.00 e. The first-order valence-electron chi connectivity index (χ1n) is 1.41. The summed E-state index contributed by atoms with van der Waals surface area (Å²) in [6.45, 7) is 0. The van der Waals surface area contributed by atoms with E-state index in [1.807, 2.05) is 53.5 Å². The van der Waals surface area contributed by atoms with Gasteiger partial charge in [-0.15, -0.1) is 0 Å². The second kappa shape index (κ2) is 54.7. The molecule has 4 heteroatoms. The predicted molar refractivity (Wildman–Crippen MR) is 23.2 cm³/mol. The van der Waals surface area contributed by atoms with Crippen LogP contribution < -0.4 is 29.4 Å². The Labute approximate surface area is 81.9 Å². The third-order valence-electron chi connectivity index (χ3n) is 0. The normalized spacial score (nSPS) is 2.33. The first kappa shape index (κ1) is 23.9. The van der Waals surface area contributed by atoms with Crippen LogP contribution >= 0.6 is 0 Å². The molecule has 0 unspecified atom stereocenters. The van der Waals surface area contributed by atoms with E-state index in [2.05, 4.69) is 0 Å². The SMILES string of the molecule is [Br-].[CH3][Mg+].[CH3][Mg+].[Cl-]. The Balaban J connectivity index is -0.00000000500. The fraction of sp³-hybridized carbons (Fsp3) is 1.00. The minimum atomic E-state index is 0. The number of hydrogen-bond acceptors (Lipinski definition) is 0. The summed E-state index contributed by atoms with van der Waals surface area (Å²) in [6, 6.07) is 0. The van der Waals surface area contributed by atoms with Crippen LogP contribution in [0.2, 0.25) is 10.1 Å². The van der Waals surface area contributed by atoms with Crippen molar-refractivity contribution in [1.82, 2.24) is 0 Å². The Kier molecular flexibility index (Phi) is 218. The molecule has 32 valence electrons. The van der Waals surface area contributed by atoms with Crippen LogP contribution in [0.5, 0.6) is 0 Å². The molecule has 0 aliphatic carbocycles. The first-order chi connectivity index (χ1) is 2.00. The topological polar surface area (TPSA) is 0 Å². The predicted octanol–water partition coefficient (Wildman–Crippen LogP) is -5.59. The van der Waals surface area contributed by atoms with E-state index >= 15 is 0 Å². The molecule has 0 atom stereocenters. The molecule has 0 rings (SSSR count). The van der Waals surface area contributed by atoms with Crippen molar-refractivity contribution in [3.63, 3.8) is 0 Å². The maximum atomic E-state index is 2.03. The van der Waals surface area contributed by atoms with Crippen molar-refractivity contribution in [1.29, 1.82) is 0 Å². The Morgan fingerprint density at radius 2 is 0.833 bits per heavy atom. The molecule has 0 aliphatic rings. The molecule has 0 aromatic heterocycles. The second-order valence-corrected chi connectivity index (χ2v) is 0. The van der Waals surface area contributed by atoms with Gasteiger partial charge in [-0.3, -0.25) is 0 Å². The molecule has 6 heavy (non-hydrogen) atoms. The number of hydrogen-bond donors (Lipinski definition) is 0. The van der Waals surface area contributed by atoms with Crippen LogP contribution in [0.25, 0.3) is 0 Å². The summed E-state index contributed by atoms with van der Waals surface area (Å²) >= 11 is 3.72. The molecule has 0 heterocycles. The van der Waals surface area contributed by atoms with Gasteiger partial charge in [0.2, 0.25) is 0 Å². The van der Waals surface area contributed by atoms with Crippen LogP contribution in [0.15, 0.2) is 0 Å². The largest absolute Gasteiger partial charge is 1.00 e. The zero-order valence-corrected chi connectivity index (χ0v) is 9.34. The monoisotopic (exact) mass is 192 g/mol. The Bertz CT molecular complexity index is 11.5. The minimum absolute atomic E-state index is 0. The van der Waals surface area contributed by atoms with Crippen LogP contribution in [-0.4, -0.2) is 43.4 Å². The molecule has 0 aromatic rings. The van der Waals surface area contributed by atoms with Crippen molar-refractivity contribution < 1.29 is 29.4 Å². The summed E-state index contributed by atoms with van der Waals surface area (Å²) in [4.78, 5) is 0. The molecule has 0 amide bonds. The van der Waals surface area contributed by atoms with Gasteiger partial charge in [-0.05, 0) is 0 Å². The van der Waals surface area contributed by atoms with E-state index in [0.29, 0.717) is 0 Å². The van der Waals surface area contributed by atoms with E-state index in [0.717, 1.165) is 0 Å². The van der Waals surface area contributed by atoms with Gasteiger partial charge in [-0.2, -0.15) is 0 Å².